The molecule has 2 rings (SSSR count). The van der Waals surface area contributed by atoms with Gasteiger partial charge in [-0.2, -0.15) is 0 Å². The number of hydrogen-bond donors (Lipinski definition) is 1. The second-order valence-electron chi connectivity index (χ2n) is 4.34. The Morgan fingerprint density at radius 2 is 2.04 bits per heavy atom. The molecule has 7 nitrogen and oxygen atoms in total. The summed E-state index contributed by atoms with van der Waals surface area (Å²) >= 11 is 12.3. The summed E-state index contributed by atoms with van der Waals surface area (Å²) in [5.74, 6) is -1.04. The van der Waals surface area contributed by atoms with Gasteiger partial charge in [0.25, 0.3) is 0 Å². The molecule has 9 heteroatoms. The SMILES string of the molecule is C=CCOC(=O)Nc1onc(-c2c(Cl)cccc2Cl)c1C(=O)OC. The van der Waals surface area contributed by atoms with Gasteiger partial charge in [0.2, 0.25) is 5.88 Å². The van der Waals surface area contributed by atoms with Crippen LogP contribution in [0.15, 0.2) is 35.4 Å². The van der Waals surface area contributed by atoms with Crippen molar-refractivity contribution in [3.05, 3.63) is 46.5 Å². The maximum absolute atomic E-state index is 12.1. The molecule has 0 aliphatic heterocycles. The number of anilines is 1. The third-order valence-electron chi connectivity index (χ3n) is 2.83. The van der Waals surface area contributed by atoms with Gasteiger partial charge < -0.3 is 14.0 Å². The molecule has 0 spiro atoms. The van der Waals surface area contributed by atoms with Crippen LogP contribution in [0.25, 0.3) is 11.3 Å². The molecule has 1 heterocycles. The zero-order chi connectivity index (χ0) is 17.7. The number of aromatic nitrogens is 1. The lowest BCUT2D eigenvalue weighted by molar-refractivity contribution is 0.0602. The maximum atomic E-state index is 12.1. The Hall–Kier alpha value is -2.51. The predicted molar refractivity (Wildman–Crippen MR) is 88.5 cm³/mol. The fourth-order valence-corrected chi connectivity index (χ4v) is 2.40. The maximum Gasteiger partial charge on any atom is 0.414 e. The molecule has 1 aromatic heterocycles. The van der Waals surface area contributed by atoms with Crippen molar-refractivity contribution in [3.63, 3.8) is 0 Å². The number of rotatable bonds is 5. The number of hydrogen-bond acceptors (Lipinski definition) is 6. The first-order chi connectivity index (χ1) is 11.5. The molecule has 0 bridgehead atoms. The molecule has 0 saturated heterocycles. The van der Waals surface area contributed by atoms with Crippen molar-refractivity contribution >= 4 is 41.1 Å². The van der Waals surface area contributed by atoms with Crippen molar-refractivity contribution in [2.45, 2.75) is 0 Å². The van der Waals surface area contributed by atoms with Gasteiger partial charge in [0.15, 0.2) is 5.56 Å². The Morgan fingerprint density at radius 1 is 1.38 bits per heavy atom. The van der Waals surface area contributed by atoms with E-state index in [0.29, 0.717) is 0 Å². The monoisotopic (exact) mass is 370 g/mol. The van der Waals surface area contributed by atoms with E-state index in [-0.39, 0.29) is 39.4 Å². The van der Waals surface area contributed by atoms with Crippen LogP contribution in [0.3, 0.4) is 0 Å². The highest BCUT2D eigenvalue weighted by atomic mass is 35.5. The van der Waals surface area contributed by atoms with E-state index in [2.05, 4.69) is 17.1 Å². The van der Waals surface area contributed by atoms with Crippen LogP contribution < -0.4 is 5.32 Å². The van der Waals surface area contributed by atoms with Crippen LogP contribution in [0.1, 0.15) is 10.4 Å². The molecule has 0 fully saturated rings. The number of esters is 1. The van der Waals surface area contributed by atoms with Crippen LogP contribution in [0.2, 0.25) is 10.0 Å². The summed E-state index contributed by atoms with van der Waals surface area (Å²) in [5.41, 5.74) is 0.178. The number of halogens is 2. The quantitative estimate of drug-likeness (QED) is 0.627. The molecule has 24 heavy (non-hydrogen) atoms. The van der Waals surface area contributed by atoms with Gasteiger partial charge in [0.1, 0.15) is 12.3 Å². The second kappa shape index (κ2) is 7.85. The average Bonchev–Trinajstić information content (AvgIpc) is 2.95. The van der Waals surface area contributed by atoms with E-state index in [0.717, 1.165) is 0 Å². The van der Waals surface area contributed by atoms with Gasteiger partial charge >= 0.3 is 12.1 Å². The van der Waals surface area contributed by atoms with Crippen molar-refractivity contribution in [2.24, 2.45) is 0 Å². The Kier molecular flexibility index (Phi) is 5.83. The number of carbonyl (C=O) groups is 2. The van der Waals surface area contributed by atoms with Crippen LogP contribution in [0.5, 0.6) is 0 Å². The third-order valence-corrected chi connectivity index (χ3v) is 3.46. The molecular formula is C15H12Cl2N2O5. The standard InChI is InChI=1S/C15H12Cl2N2O5/c1-3-7-23-15(21)18-13-11(14(20)22-2)12(19-24-13)10-8(16)5-4-6-9(10)17/h3-6H,1,7H2,2H3,(H,18,21). The molecule has 1 amide bonds. The Balaban J connectivity index is 2.49. The van der Waals surface area contributed by atoms with Gasteiger partial charge in [0.05, 0.1) is 17.2 Å². The summed E-state index contributed by atoms with van der Waals surface area (Å²) in [4.78, 5) is 23.7. The fraction of sp³-hybridized carbons (Fsp3) is 0.133. The Labute approximate surface area is 147 Å². The summed E-state index contributed by atoms with van der Waals surface area (Å²) in [6, 6.07) is 4.78. The van der Waals surface area contributed by atoms with Gasteiger partial charge in [-0.25, -0.2) is 9.59 Å². The molecule has 126 valence electrons. The summed E-state index contributed by atoms with van der Waals surface area (Å²) in [5, 5.41) is 6.54. The molecule has 0 atom stereocenters. The van der Waals surface area contributed by atoms with Crippen LogP contribution in [-0.2, 0) is 9.47 Å². The van der Waals surface area contributed by atoms with Gasteiger partial charge in [-0.1, -0.05) is 47.1 Å². The number of nitrogens with zero attached hydrogens (tertiary/aromatic N) is 1. The first kappa shape index (κ1) is 17.8. The van der Waals surface area contributed by atoms with Crippen LogP contribution >= 0.6 is 23.2 Å². The van der Waals surface area contributed by atoms with Gasteiger partial charge in [-0.05, 0) is 12.1 Å². The molecule has 1 aromatic carbocycles. The van der Waals surface area contributed by atoms with Crippen molar-refractivity contribution in [3.8, 4) is 11.3 Å². The Bertz CT molecular complexity index is 768. The molecule has 0 saturated carbocycles. The highest BCUT2D eigenvalue weighted by Gasteiger charge is 2.28. The third kappa shape index (κ3) is 3.69. The van der Waals surface area contributed by atoms with Gasteiger partial charge in [0, 0.05) is 5.56 Å². The molecule has 0 aliphatic rings. The van der Waals surface area contributed by atoms with Gasteiger partial charge in [-0.3, -0.25) is 5.32 Å². The summed E-state index contributed by atoms with van der Waals surface area (Å²) < 4.78 is 14.5. The normalized spacial score (nSPS) is 10.1. The van der Waals surface area contributed by atoms with Gasteiger partial charge in [-0.15, -0.1) is 0 Å². The van der Waals surface area contributed by atoms with Crippen LogP contribution in [0, 0.1) is 0 Å². The zero-order valence-corrected chi connectivity index (χ0v) is 14.0. The molecule has 0 unspecified atom stereocenters. The molecule has 2 aromatic rings. The largest absolute Gasteiger partial charge is 0.465 e. The molecule has 0 radical (unpaired) electrons. The van der Waals surface area contributed by atoms with E-state index in [1.807, 2.05) is 0 Å². The number of carbonyl (C=O) groups excluding carboxylic acids is 2. The van der Waals surface area contributed by atoms with E-state index in [1.54, 1.807) is 18.2 Å². The summed E-state index contributed by atoms with van der Waals surface area (Å²) in [7, 11) is 1.17. The first-order valence-electron chi connectivity index (χ1n) is 6.56. The summed E-state index contributed by atoms with van der Waals surface area (Å²) in [6.45, 7) is 3.40. The fourth-order valence-electron chi connectivity index (χ4n) is 1.82. The van der Waals surface area contributed by atoms with E-state index < -0.39 is 12.1 Å². The number of methoxy groups -OCH3 is 1. The number of ether oxygens (including phenoxy) is 2. The first-order valence-corrected chi connectivity index (χ1v) is 7.32. The highest BCUT2D eigenvalue weighted by molar-refractivity contribution is 6.39. The summed E-state index contributed by atoms with van der Waals surface area (Å²) in [6.07, 6.45) is 0.531. The van der Waals surface area contributed by atoms with E-state index in [9.17, 15) is 9.59 Å². The molecular weight excluding hydrogens is 359 g/mol. The minimum absolute atomic E-state index is 0.0171. The van der Waals surface area contributed by atoms with Crippen LogP contribution in [-0.4, -0.2) is 30.9 Å². The Morgan fingerprint density at radius 3 is 2.62 bits per heavy atom. The van der Waals surface area contributed by atoms with E-state index in [4.69, 9.17) is 37.2 Å². The lowest BCUT2D eigenvalue weighted by Gasteiger charge is -2.06. The lowest BCUT2D eigenvalue weighted by Crippen LogP contribution is -2.15. The van der Waals surface area contributed by atoms with Crippen molar-refractivity contribution in [1.82, 2.24) is 5.16 Å². The van der Waals surface area contributed by atoms with E-state index >= 15 is 0 Å². The number of nitrogens with one attached hydrogen (secondary N) is 1. The van der Waals surface area contributed by atoms with Crippen molar-refractivity contribution in [2.75, 3.05) is 19.0 Å². The zero-order valence-electron chi connectivity index (χ0n) is 12.5. The van der Waals surface area contributed by atoms with Crippen molar-refractivity contribution < 1.29 is 23.6 Å². The number of benzene rings is 1. The topological polar surface area (TPSA) is 90.7 Å². The second-order valence-corrected chi connectivity index (χ2v) is 5.15. The van der Waals surface area contributed by atoms with Crippen molar-refractivity contribution in [1.29, 1.82) is 0 Å². The number of amides is 1. The lowest BCUT2D eigenvalue weighted by atomic mass is 10.1. The molecule has 1 N–H and O–H groups in total. The van der Waals surface area contributed by atoms with Crippen LogP contribution in [0.4, 0.5) is 10.7 Å². The highest BCUT2D eigenvalue weighted by Crippen LogP contribution is 2.38. The minimum Gasteiger partial charge on any atom is -0.465 e. The predicted octanol–water partition coefficient (Wildman–Crippen LogP) is 4.17. The average molecular weight is 371 g/mol. The smallest absolute Gasteiger partial charge is 0.414 e. The minimum atomic E-state index is -0.854. The molecule has 0 aliphatic carbocycles. The van der Waals surface area contributed by atoms with E-state index in [1.165, 1.54) is 13.2 Å².